The topological polar surface area (TPSA) is 103 Å². The van der Waals surface area contributed by atoms with Crippen LogP contribution in [-0.2, 0) is 0 Å². The summed E-state index contributed by atoms with van der Waals surface area (Å²) < 4.78 is 4.31. The van der Waals surface area contributed by atoms with Crippen molar-refractivity contribution in [2.75, 3.05) is 0 Å². The fourth-order valence-electron chi connectivity index (χ4n) is 8.43. The van der Waals surface area contributed by atoms with Crippen LogP contribution in [0, 0.1) is 47.1 Å². The highest BCUT2D eigenvalue weighted by atomic mass is 15.0. The highest BCUT2D eigenvalue weighted by Gasteiger charge is 2.23. The van der Waals surface area contributed by atoms with Crippen molar-refractivity contribution in [3.63, 3.8) is 0 Å². The normalized spacial score (nSPS) is 10.9. The molecule has 0 aliphatic carbocycles. The summed E-state index contributed by atoms with van der Waals surface area (Å²) in [6.45, 7) is 15.2. The molecule has 10 aromatic rings. The Hall–Kier alpha value is -9.26. The number of benzene rings is 7. The van der Waals surface area contributed by atoms with Gasteiger partial charge in [-0.1, -0.05) is 48.5 Å². The van der Waals surface area contributed by atoms with Crippen molar-refractivity contribution in [1.29, 1.82) is 15.8 Å². The van der Waals surface area contributed by atoms with E-state index in [2.05, 4.69) is 90.5 Å². The van der Waals surface area contributed by atoms with Crippen LogP contribution >= 0.6 is 0 Å². The summed E-state index contributed by atoms with van der Waals surface area (Å²) in [5.74, 6) is 0. The maximum Gasteiger partial charge on any atom is 0.189 e. The standard InChI is InChI=1S/C52H26N8/c1-56-40-21-32(29-53)19-37(23-40)35-11-13-49-44(25-35)42-7-3-5-9-47(42)59(49)51-27-39(34-15-17-58-18-16-34)28-52(46(51)31-55)60-48-10-6-4-8-43(48)45-26-36(12-14-50(45)60)38-20-33(30-54)22-41(24-38)57-2/h3-28H. The second-order valence-electron chi connectivity index (χ2n) is 14.4. The average Bonchev–Trinajstić information content (AvgIpc) is 3.83. The molecule has 0 radical (unpaired) electrons. The molecule has 10 rings (SSSR count). The molecular formula is C52H26N8. The van der Waals surface area contributed by atoms with Crippen LogP contribution in [0.25, 0.3) is 98.1 Å². The largest absolute Gasteiger partial charge is 0.308 e. The molecule has 8 nitrogen and oxygen atoms in total. The lowest BCUT2D eigenvalue weighted by molar-refractivity contribution is 1.12. The first kappa shape index (κ1) is 35.2. The molecule has 0 bridgehead atoms. The molecule has 7 aromatic carbocycles. The molecule has 0 fully saturated rings. The number of rotatable bonds is 5. The van der Waals surface area contributed by atoms with Gasteiger partial charge in [0.25, 0.3) is 0 Å². The number of hydrogen-bond donors (Lipinski definition) is 0. The van der Waals surface area contributed by atoms with Crippen LogP contribution < -0.4 is 0 Å². The SMILES string of the molecule is [C-]#[N+]c1cc(C#N)cc(-c2ccc3c(c2)c2ccccc2n3-c2cc(-c3ccncc3)cc(-n3c4ccccc4c4cc(-c5cc(C#N)cc([N+]#[C-])c5)ccc43)c2C#N)c1. The molecule has 0 saturated carbocycles. The third kappa shape index (κ3) is 5.61. The lowest BCUT2D eigenvalue weighted by atomic mass is 9.99. The number of nitriles is 3. The van der Waals surface area contributed by atoms with Gasteiger partial charge in [0.1, 0.15) is 11.6 Å². The minimum absolute atomic E-state index is 0.398. The Labute approximate surface area is 344 Å². The van der Waals surface area contributed by atoms with Crippen molar-refractivity contribution in [3.05, 3.63) is 198 Å². The number of hydrogen-bond acceptors (Lipinski definition) is 4. The van der Waals surface area contributed by atoms with Crippen LogP contribution in [-0.4, -0.2) is 14.1 Å². The Morgan fingerprint density at radius 2 is 0.867 bits per heavy atom. The molecule has 274 valence electrons. The van der Waals surface area contributed by atoms with Crippen LogP contribution in [0.15, 0.2) is 158 Å². The summed E-state index contributed by atoms with van der Waals surface area (Å²) >= 11 is 0. The number of pyridine rings is 1. The fraction of sp³-hybridized carbons (Fsp3) is 0. The highest BCUT2D eigenvalue weighted by Crippen LogP contribution is 2.42. The second kappa shape index (κ2) is 14.0. The second-order valence-corrected chi connectivity index (χ2v) is 14.4. The predicted molar refractivity (Wildman–Crippen MR) is 236 cm³/mol. The van der Waals surface area contributed by atoms with Crippen molar-refractivity contribution in [2.24, 2.45) is 0 Å². The Kier molecular flexibility index (Phi) is 8.23. The van der Waals surface area contributed by atoms with Gasteiger partial charge in [-0.3, -0.25) is 4.98 Å². The molecule has 0 amide bonds. The summed E-state index contributed by atoms with van der Waals surface area (Å²) in [7, 11) is 0. The molecule has 0 aliphatic rings. The third-order valence-electron chi connectivity index (χ3n) is 11.1. The fourth-order valence-corrected chi connectivity index (χ4v) is 8.43. The first-order valence-corrected chi connectivity index (χ1v) is 18.9. The summed E-state index contributed by atoms with van der Waals surface area (Å²) in [5.41, 5.74) is 12.2. The van der Waals surface area contributed by atoms with E-state index in [0.717, 1.165) is 77.0 Å². The molecule has 60 heavy (non-hydrogen) atoms. The minimum Gasteiger partial charge on any atom is -0.308 e. The van der Waals surface area contributed by atoms with Gasteiger partial charge in [0.05, 0.1) is 58.7 Å². The van der Waals surface area contributed by atoms with Crippen molar-refractivity contribution < 1.29 is 0 Å². The highest BCUT2D eigenvalue weighted by molar-refractivity contribution is 6.12. The molecule has 0 unspecified atom stereocenters. The maximum atomic E-state index is 11.3. The molecule has 3 aromatic heterocycles. The Balaban J connectivity index is 1.27. The average molecular weight is 763 g/mol. The van der Waals surface area contributed by atoms with E-state index in [1.54, 1.807) is 48.8 Å². The lowest BCUT2D eigenvalue weighted by Gasteiger charge is -2.18. The van der Waals surface area contributed by atoms with Gasteiger partial charge in [-0.2, -0.15) is 15.8 Å². The van der Waals surface area contributed by atoms with E-state index >= 15 is 0 Å². The molecule has 0 N–H and O–H groups in total. The number of aromatic nitrogens is 3. The number of para-hydroxylation sites is 2. The summed E-state index contributed by atoms with van der Waals surface area (Å²) in [6, 6.07) is 54.0. The molecule has 0 atom stereocenters. The van der Waals surface area contributed by atoms with Crippen LogP contribution in [0.3, 0.4) is 0 Å². The smallest absolute Gasteiger partial charge is 0.189 e. The minimum atomic E-state index is 0.398. The van der Waals surface area contributed by atoms with Gasteiger partial charge in [0.2, 0.25) is 0 Å². The van der Waals surface area contributed by atoms with Crippen LogP contribution in [0.5, 0.6) is 0 Å². The van der Waals surface area contributed by atoms with Gasteiger partial charge in [0.15, 0.2) is 11.4 Å². The first-order valence-electron chi connectivity index (χ1n) is 18.9. The van der Waals surface area contributed by atoms with E-state index in [9.17, 15) is 15.8 Å². The zero-order chi connectivity index (χ0) is 40.9. The molecule has 3 heterocycles. The van der Waals surface area contributed by atoms with Gasteiger partial charge in [-0.15, -0.1) is 0 Å². The van der Waals surface area contributed by atoms with Crippen molar-refractivity contribution in [3.8, 4) is 63.0 Å². The van der Waals surface area contributed by atoms with Crippen molar-refractivity contribution >= 4 is 55.0 Å². The zero-order valence-corrected chi connectivity index (χ0v) is 31.6. The monoisotopic (exact) mass is 762 g/mol. The number of fused-ring (bicyclic) bond motifs is 6. The summed E-state index contributed by atoms with van der Waals surface area (Å²) in [4.78, 5) is 11.5. The molecular weight excluding hydrogens is 737 g/mol. The Bertz CT molecular complexity index is 3390. The van der Waals surface area contributed by atoms with E-state index < -0.39 is 0 Å². The van der Waals surface area contributed by atoms with E-state index in [-0.39, 0.29) is 0 Å². The van der Waals surface area contributed by atoms with Crippen molar-refractivity contribution in [1.82, 2.24) is 14.1 Å². The molecule has 0 spiro atoms. The van der Waals surface area contributed by atoms with Gasteiger partial charge in [-0.05, 0) is 130 Å². The third-order valence-corrected chi connectivity index (χ3v) is 11.1. The molecule has 8 heteroatoms. The summed E-state index contributed by atoms with van der Waals surface area (Å²) in [5, 5.41) is 34.7. The van der Waals surface area contributed by atoms with Crippen molar-refractivity contribution in [2.45, 2.75) is 0 Å². The van der Waals surface area contributed by atoms with Crippen LogP contribution in [0.2, 0.25) is 0 Å². The van der Waals surface area contributed by atoms with E-state index in [4.69, 9.17) is 13.1 Å². The van der Waals surface area contributed by atoms with E-state index in [1.807, 2.05) is 60.7 Å². The van der Waals surface area contributed by atoms with Crippen LogP contribution in [0.1, 0.15) is 16.7 Å². The molecule has 0 saturated heterocycles. The summed E-state index contributed by atoms with van der Waals surface area (Å²) in [6.07, 6.45) is 3.52. The van der Waals surface area contributed by atoms with Gasteiger partial charge < -0.3 is 9.13 Å². The number of nitrogens with zero attached hydrogens (tertiary/aromatic N) is 8. The zero-order valence-electron chi connectivity index (χ0n) is 31.6. The lowest BCUT2D eigenvalue weighted by Crippen LogP contribution is -2.05. The van der Waals surface area contributed by atoms with Gasteiger partial charge in [0, 0.05) is 45.1 Å². The quantitative estimate of drug-likeness (QED) is 0.163. The first-order chi connectivity index (χ1) is 29.5. The predicted octanol–water partition coefficient (Wildman–Crippen LogP) is 13.0. The van der Waals surface area contributed by atoms with Crippen LogP contribution in [0.4, 0.5) is 11.4 Å². The van der Waals surface area contributed by atoms with E-state index in [1.165, 1.54) is 0 Å². The Morgan fingerprint density at radius 1 is 0.417 bits per heavy atom. The van der Waals surface area contributed by atoms with E-state index in [0.29, 0.717) is 39.4 Å². The Morgan fingerprint density at radius 3 is 1.32 bits per heavy atom. The van der Waals surface area contributed by atoms with Gasteiger partial charge in [-0.25, -0.2) is 9.69 Å². The van der Waals surface area contributed by atoms with Gasteiger partial charge >= 0.3 is 0 Å². The maximum absolute atomic E-state index is 11.3. The molecule has 0 aliphatic heterocycles.